The second-order valence-corrected chi connectivity index (χ2v) is 6.66. The van der Waals surface area contributed by atoms with Gasteiger partial charge in [0.15, 0.2) is 0 Å². The predicted molar refractivity (Wildman–Crippen MR) is 100 cm³/mol. The summed E-state index contributed by atoms with van der Waals surface area (Å²) < 4.78 is 0. The van der Waals surface area contributed by atoms with Crippen molar-refractivity contribution >= 4 is 29.1 Å². The van der Waals surface area contributed by atoms with E-state index in [2.05, 4.69) is 25.5 Å². The molecule has 7 heteroatoms. The number of aryl methyl sites for hydroxylation is 2. The Balaban J connectivity index is 1.60. The third kappa shape index (κ3) is 4.60. The number of nitrogens with zero attached hydrogens (tertiary/aromatic N) is 3. The van der Waals surface area contributed by atoms with Crippen LogP contribution in [0.2, 0.25) is 5.02 Å². The van der Waals surface area contributed by atoms with Crippen LogP contribution in [0.4, 0.5) is 16.3 Å². The van der Waals surface area contributed by atoms with E-state index in [0.29, 0.717) is 16.5 Å². The lowest BCUT2D eigenvalue weighted by Gasteiger charge is -2.17. The van der Waals surface area contributed by atoms with Crippen LogP contribution in [0.5, 0.6) is 0 Å². The molecule has 6 nitrogen and oxygen atoms in total. The Morgan fingerprint density at radius 3 is 2.68 bits per heavy atom. The van der Waals surface area contributed by atoms with Crippen LogP contribution in [0, 0.1) is 13.8 Å². The van der Waals surface area contributed by atoms with E-state index in [9.17, 15) is 4.79 Å². The number of hydrogen-bond acceptors (Lipinski definition) is 4. The van der Waals surface area contributed by atoms with Crippen molar-refractivity contribution in [1.82, 2.24) is 15.3 Å². The fourth-order valence-electron chi connectivity index (χ4n) is 2.80. The van der Waals surface area contributed by atoms with E-state index in [1.165, 1.54) is 12.8 Å². The number of carbonyl (C=O) groups is 1. The number of carbonyl (C=O) groups excluding carboxylic acids is 1. The molecule has 3 rings (SSSR count). The summed E-state index contributed by atoms with van der Waals surface area (Å²) >= 11 is 6.07. The highest BCUT2D eigenvalue weighted by molar-refractivity contribution is 6.31. The Hall–Kier alpha value is -2.34. The molecule has 2 amide bonds. The summed E-state index contributed by atoms with van der Waals surface area (Å²) in [5, 5.41) is 6.17. The van der Waals surface area contributed by atoms with Crippen LogP contribution in [0.3, 0.4) is 0 Å². The average molecular weight is 360 g/mol. The summed E-state index contributed by atoms with van der Waals surface area (Å²) in [6.07, 6.45) is 2.39. The third-order valence-corrected chi connectivity index (χ3v) is 4.56. The number of hydrogen-bond donors (Lipinski definition) is 2. The van der Waals surface area contributed by atoms with Gasteiger partial charge in [0, 0.05) is 35.6 Å². The maximum absolute atomic E-state index is 12.1. The SMILES string of the molecule is Cc1cc(N2CCCC2)nc(CNC(=O)Nc2ccc(C)c(Cl)c2)n1. The number of halogens is 1. The minimum Gasteiger partial charge on any atom is -0.357 e. The molecule has 1 aromatic heterocycles. The Morgan fingerprint density at radius 2 is 1.96 bits per heavy atom. The van der Waals surface area contributed by atoms with Gasteiger partial charge in [-0.1, -0.05) is 17.7 Å². The Labute approximate surface area is 152 Å². The third-order valence-electron chi connectivity index (χ3n) is 4.15. The van der Waals surface area contributed by atoms with Gasteiger partial charge in [0.1, 0.15) is 11.6 Å². The zero-order valence-electron chi connectivity index (χ0n) is 14.5. The topological polar surface area (TPSA) is 70.2 Å². The molecule has 1 fully saturated rings. The summed E-state index contributed by atoms with van der Waals surface area (Å²) in [6, 6.07) is 7.08. The standard InChI is InChI=1S/C18H22ClN5O/c1-12-5-6-14(10-15(12)19)22-18(25)20-11-16-21-13(2)9-17(23-16)24-7-3-4-8-24/h5-6,9-10H,3-4,7-8,11H2,1-2H3,(H2,20,22,25). The molecule has 1 aliphatic rings. The van der Waals surface area contributed by atoms with Crippen molar-refractivity contribution in [2.45, 2.75) is 33.2 Å². The average Bonchev–Trinajstić information content (AvgIpc) is 3.10. The monoisotopic (exact) mass is 359 g/mol. The fraction of sp³-hybridized carbons (Fsp3) is 0.389. The first-order chi connectivity index (χ1) is 12.0. The van der Waals surface area contributed by atoms with Crippen LogP contribution < -0.4 is 15.5 Å². The molecule has 0 aliphatic carbocycles. The lowest BCUT2D eigenvalue weighted by atomic mass is 10.2. The van der Waals surface area contributed by atoms with Gasteiger partial charge in [-0.05, 0) is 44.4 Å². The Bertz CT molecular complexity index is 774. The van der Waals surface area contributed by atoms with E-state index in [-0.39, 0.29) is 12.6 Å². The number of aromatic nitrogens is 2. The molecule has 25 heavy (non-hydrogen) atoms. The minimum atomic E-state index is -0.312. The van der Waals surface area contributed by atoms with Gasteiger partial charge in [0.05, 0.1) is 6.54 Å². The van der Waals surface area contributed by atoms with Crippen molar-refractivity contribution in [2.24, 2.45) is 0 Å². The zero-order valence-corrected chi connectivity index (χ0v) is 15.2. The molecule has 2 N–H and O–H groups in total. The maximum Gasteiger partial charge on any atom is 0.319 e. The Kier molecular flexibility index (Phi) is 5.38. The highest BCUT2D eigenvalue weighted by atomic mass is 35.5. The highest BCUT2D eigenvalue weighted by Gasteiger charge is 2.15. The molecule has 132 valence electrons. The molecular formula is C18H22ClN5O. The number of anilines is 2. The molecule has 0 spiro atoms. The van der Waals surface area contributed by atoms with Crippen molar-refractivity contribution < 1.29 is 4.79 Å². The number of benzene rings is 1. The van der Waals surface area contributed by atoms with Gasteiger partial charge in [0.2, 0.25) is 0 Å². The van der Waals surface area contributed by atoms with E-state index >= 15 is 0 Å². The van der Waals surface area contributed by atoms with E-state index < -0.39 is 0 Å². The van der Waals surface area contributed by atoms with Crippen molar-refractivity contribution in [3.8, 4) is 0 Å². The van der Waals surface area contributed by atoms with E-state index in [1.807, 2.05) is 32.0 Å². The summed E-state index contributed by atoms with van der Waals surface area (Å²) in [6.45, 7) is 6.18. The van der Waals surface area contributed by atoms with Gasteiger partial charge in [-0.2, -0.15) is 0 Å². The molecule has 1 aliphatic heterocycles. The first kappa shape index (κ1) is 17.5. The van der Waals surface area contributed by atoms with Gasteiger partial charge in [-0.25, -0.2) is 14.8 Å². The smallest absolute Gasteiger partial charge is 0.319 e. The van der Waals surface area contributed by atoms with Gasteiger partial charge in [-0.15, -0.1) is 0 Å². The predicted octanol–water partition coefficient (Wildman–Crippen LogP) is 3.67. The van der Waals surface area contributed by atoms with Crippen molar-refractivity contribution in [3.63, 3.8) is 0 Å². The normalized spacial score (nSPS) is 13.8. The molecule has 0 radical (unpaired) electrons. The van der Waals surface area contributed by atoms with Crippen LogP contribution >= 0.6 is 11.6 Å². The quantitative estimate of drug-likeness (QED) is 0.873. The summed E-state index contributed by atoms with van der Waals surface area (Å²) in [5.41, 5.74) is 2.52. The van der Waals surface area contributed by atoms with E-state index in [4.69, 9.17) is 11.6 Å². The first-order valence-electron chi connectivity index (χ1n) is 8.42. The largest absolute Gasteiger partial charge is 0.357 e. The highest BCUT2D eigenvalue weighted by Crippen LogP contribution is 2.20. The van der Waals surface area contributed by atoms with Crippen LogP contribution in [-0.4, -0.2) is 29.1 Å². The van der Waals surface area contributed by atoms with Crippen molar-refractivity contribution in [2.75, 3.05) is 23.3 Å². The number of nitrogens with one attached hydrogen (secondary N) is 2. The van der Waals surface area contributed by atoms with Gasteiger partial charge >= 0.3 is 6.03 Å². The van der Waals surface area contributed by atoms with Crippen molar-refractivity contribution in [3.05, 3.63) is 46.4 Å². The molecule has 0 atom stereocenters. The van der Waals surface area contributed by atoms with E-state index in [1.54, 1.807) is 6.07 Å². The van der Waals surface area contributed by atoms with Crippen LogP contribution in [0.25, 0.3) is 0 Å². The molecule has 0 bridgehead atoms. The summed E-state index contributed by atoms with van der Waals surface area (Å²) in [7, 11) is 0. The summed E-state index contributed by atoms with van der Waals surface area (Å²) in [4.78, 5) is 23.3. The van der Waals surface area contributed by atoms with Gasteiger partial charge in [0.25, 0.3) is 0 Å². The summed E-state index contributed by atoms with van der Waals surface area (Å²) in [5.74, 6) is 1.55. The van der Waals surface area contributed by atoms with E-state index in [0.717, 1.165) is 30.2 Å². The molecule has 1 saturated heterocycles. The van der Waals surface area contributed by atoms with Crippen LogP contribution in [-0.2, 0) is 6.54 Å². The lowest BCUT2D eigenvalue weighted by molar-refractivity contribution is 0.251. The number of urea groups is 1. The van der Waals surface area contributed by atoms with Gasteiger partial charge < -0.3 is 15.5 Å². The molecule has 0 saturated carbocycles. The molecule has 0 unspecified atom stereocenters. The Morgan fingerprint density at radius 1 is 1.20 bits per heavy atom. The molecule has 1 aromatic carbocycles. The fourth-order valence-corrected chi connectivity index (χ4v) is 2.99. The number of rotatable bonds is 4. The zero-order chi connectivity index (χ0) is 17.8. The maximum atomic E-state index is 12.1. The lowest BCUT2D eigenvalue weighted by Crippen LogP contribution is -2.29. The minimum absolute atomic E-state index is 0.272. The molecular weight excluding hydrogens is 338 g/mol. The first-order valence-corrected chi connectivity index (χ1v) is 8.79. The van der Waals surface area contributed by atoms with Crippen LogP contribution in [0.1, 0.15) is 29.9 Å². The molecule has 2 heterocycles. The number of amides is 2. The van der Waals surface area contributed by atoms with Crippen LogP contribution in [0.15, 0.2) is 24.3 Å². The molecule has 2 aromatic rings. The van der Waals surface area contributed by atoms with Gasteiger partial charge in [-0.3, -0.25) is 0 Å². The second-order valence-electron chi connectivity index (χ2n) is 6.25. The second kappa shape index (κ2) is 7.70. The van der Waals surface area contributed by atoms with Crippen molar-refractivity contribution in [1.29, 1.82) is 0 Å².